The Morgan fingerprint density at radius 2 is 1.53 bits per heavy atom. The maximum atomic E-state index is 11.2. The van der Waals surface area contributed by atoms with Gasteiger partial charge in [0.15, 0.2) is 0 Å². The number of rotatable bonds is 3. The molecular formula is C16H16O3. The van der Waals surface area contributed by atoms with Crippen LogP contribution in [0.4, 0.5) is 0 Å². The number of carbonyl (C=O) groups is 1. The zero-order valence-corrected chi connectivity index (χ0v) is 11.2. The average Bonchev–Trinajstić information content (AvgIpc) is 2.34. The molecule has 19 heavy (non-hydrogen) atoms. The number of ether oxygens (including phenoxy) is 1. The Bertz CT molecular complexity index is 630. The highest BCUT2D eigenvalue weighted by Gasteiger charge is 2.13. The molecule has 0 heterocycles. The van der Waals surface area contributed by atoms with Gasteiger partial charge < -0.3 is 9.84 Å². The van der Waals surface area contributed by atoms with Gasteiger partial charge in [-0.05, 0) is 44.5 Å². The van der Waals surface area contributed by atoms with E-state index in [0.29, 0.717) is 11.5 Å². The fourth-order valence-corrected chi connectivity index (χ4v) is 1.93. The Hall–Kier alpha value is -2.29. The predicted octanol–water partition coefficient (Wildman–Crippen LogP) is 4.10. The molecule has 98 valence electrons. The van der Waals surface area contributed by atoms with Gasteiger partial charge in [-0.2, -0.15) is 0 Å². The summed E-state index contributed by atoms with van der Waals surface area (Å²) in [5.41, 5.74) is 3.20. The van der Waals surface area contributed by atoms with Crippen LogP contribution < -0.4 is 4.74 Å². The number of carboxylic acid groups (broad SMARTS) is 1. The molecule has 2 aromatic carbocycles. The number of benzene rings is 2. The molecule has 0 aliphatic rings. The monoisotopic (exact) mass is 256 g/mol. The van der Waals surface area contributed by atoms with Crippen molar-refractivity contribution in [3.8, 4) is 11.5 Å². The van der Waals surface area contributed by atoms with Gasteiger partial charge in [-0.1, -0.05) is 29.3 Å². The van der Waals surface area contributed by atoms with Crippen LogP contribution in [0, 0.1) is 20.8 Å². The van der Waals surface area contributed by atoms with Gasteiger partial charge in [0.1, 0.15) is 17.1 Å². The number of aromatic carboxylic acids is 1. The van der Waals surface area contributed by atoms with Crippen molar-refractivity contribution in [1.82, 2.24) is 0 Å². The minimum atomic E-state index is -0.983. The third-order valence-corrected chi connectivity index (χ3v) is 2.92. The first-order chi connectivity index (χ1) is 8.97. The summed E-state index contributed by atoms with van der Waals surface area (Å²) in [6.45, 7) is 5.80. The van der Waals surface area contributed by atoms with Crippen LogP contribution in [0.2, 0.25) is 0 Å². The van der Waals surface area contributed by atoms with Crippen LogP contribution >= 0.6 is 0 Å². The first kappa shape index (κ1) is 13.1. The molecule has 0 saturated heterocycles. The summed E-state index contributed by atoms with van der Waals surface area (Å²) in [6.07, 6.45) is 0. The quantitative estimate of drug-likeness (QED) is 0.899. The van der Waals surface area contributed by atoms with Crippen molar-refractivity contribution in [2.24, 2.45) is 0 Å². The fraction of sp³-hybridized carbons (Fsp3) is 0.188. The van der Waals surface area contributed by atoms with Gasteiger partial charge in [0, 0.05) is 0 Å². The Morgan fingerprint density at radius 1 is 0.947 bits per heavy atom. The second-order valence-electron chi connectivity index (χ2n) is 4.68. The lowest BCUT2D eigenvalue weighted by Crippen LogP contribution is -2.01. The van der Waals surface area contributed by atoms with Gasteiger partial charge in [-0.25, -0.2) is 4.79 Å². The predicted molar refractivity (Wildman–Crippen MR) is 74.1 cm³/mol. The van der Waals surface area contributed by atoms with Crippen LogP contribution in [0.5, 0.6) is 11.5 Å². The molecule has 0 aliphatic heterocycles. The Balaban J connectivity index is 2.40. The lowest BCUT2D eigenvalue weighted by molar-refractivity contribution is 0.0694. The van der Waals surface area contributed by atoms with Crippen molar-refractivity contribution >= 4 is 5.97 Å². The molecule has 1 N–H and O–H groups in total. The summed E-state index contributed by atoms with van der Waals surface area (Å²) in [4.78, 5) is 11.2. The van der Waals surface area contributed by atoms with E-state index in [9.17, 15) is 9.90 Å². The van der Waals surface area contributed by atoms with Gasteiger partial charge in [0.25, 0.3) is 0 Å². The second-order valence-corrected chi connectivity index (χ2v) is 4.68. The molecule has 0 atom stereocenters. The molecule has 0 aliphatic carbocycles. The topological polar surface area (TPSA) is 46.5 Å². The molecule has 0 bridgehead atoms. The highest BCUT2D eigenvalue weighted by molar-refractivity contribution is 5.91. The Morgan fingerprint density at radius 3 is 2.11 bits per heavy atom. The molecule has 0 amide bonds. The normalized spacial score (nSPS) is 10.3. The van der Waals surface area contributed by atoms with E-state index in [1.807, 2.05) is 45.0 Å². The van der Waals surface area contributed by atoms with E-state index in [-0.39, 0.29) is 5.56 Å². The van der Waals surface area contributed by atoms with Gasteiger partial charge in [0.2, 0.25) is 0 Å². The molecular weight excluding hydrogens is 240 g/mol. The molecule has 3 heteroatoms. The number of aryl methyl sites for hydroxylation is 3. The summed E-state index contributed by atoms with van der Waals surface area (Å²) in [5, 5.41) is 9.20. The first-order valence-corrected chi connectivity index (χ1v) is 6.06. The summed E-state index contributed by atoms with van der Waals surface area (Å²) < 4.78 is 5.73. The van der Waals surface area contributed by atoms with Crippen molar-refractivity contribution in [2.45, 2.75) is 20.8 Å². The Kier molecular flexibility index (Phi) is 3.56. The summed E-state index contributed by atoms with van der Waals surface area (Å²) >= 11 is 0. The SMILES string of the molecule is Cc1ccc(Oc2ccc(C)cc2C(=O)O)c(C)c1. The highest BCUT2D eigenvalue weighted by atomic mass is 16.5. The zero-order chi connectivity index (χ0) is 14.0. The van der Waals surface area contributed by atoms with E-state index in [1.54, 1.807) is 12.1 Å². The molecule has 0 radical (unpaired) electrons. The smallest absolute Gasteiger partial charge is 0.339 e. The van der Waals surface area contributed by atoms with Crippen molar-refractivity contribution < 1.29 is 14.6 Å². The summed E-state index contributed by atoms with van der Waals surface area (Å²) in [7, 11) is 0. The minimum Gasteiger partial charge on any atom is -0.478 e. The number of carboxylic acids is 1. The third-order valence-electron chi connectivity index (χ3n) is 2.92. The van der Waals surface area contributed by atoms with E-state index in [0.717, 1.165) is 16.7 Å². The molecule has 0 saturated carbocycles. The van der Waals surface area contributed by atoms with E-state index in [2.05, 4.69) is 0 Å². The van der Waals surface area contributed by atoms with Crippen LogP contribution in [-0.4, -0.2) is 11.1 Å². The van der Waals surface area contributed by atoms with Crippen molar-refractivity contribution in [1.29, 1.82) is 0 Å². The maximum absolute atomic E-state index is 11.2. The summed E-state index contributed by atoms with van der Waals surface area (Å²) in [6, 6.07) is 10.9. The van der Waals surface area contributed by atoms with E-state index in [4.69, 9.17) is 4.74 Å². The molecule has 0 unspecified atom stereocenters. The average molecular weight is 256 g/mol. The van der Waals surface area contributed by atoms with Crippen LogP contribution in [0.25, 0.3) is 0 Å². The maximum Gasteiger partial charge on any atom is 0.339 e. The van der Waals surface area contributed by atoms with Crippen LogP contribution in [0.3, 0.4) is 0 Å². The standard InChI is InChI=1S/C16H16O3/c1-10-4-6-14(12(3)8-10)19-15-7-5-11(2)9-13(15)16(17)18/h4-9H,1-3H3,(H,17,18). The van der Waals surface area contributed by atoms with Crippen LogP contribution in [0.1, 0.15) is 27.0 Å². The number of hydrogen-bond donors (Lipinski definition) is 1. The minimum absolute atomic E-state index is 0.181. The lowest BCUT2D eigenvalue weighted by atomic mass is 10.1. The molecule has 0 aromatic heterocycles. The third kappa shape index (κ3) is 2.94. The first-order valence-electron chi connectivity index (χ1n) is 6.06. The lowest BCUT2D eigenvalue weighted by Gasteiger charge is -2.12. The van der Waals surface area contributed by atoms with Gasteiger partial charge >= 0.3 is 5.97 Å². The molecule has 2 aromatic rings. The largest absolute Gasteiger partial charge is 0.478 e. The molecule has 3 nitrogen and oxygen atoms in total. The van der Waals surface area contributed by atoms with Gasteiger partial charge in [-0.3, -0.25) is 0 Å². The van der Waals surface area contributed by atoms with Gasteiger partial charge in [-0.15, -0.1) is 0 Å². The van der Waals surface area contributed by atoms with Crippen LogP contribution in [0.15, 0.2) is 36.4 Å². The Labute approximate surface area is 112 Å². The van der Waals surface area contributed by atoms with Crippen molar-refractivity contribution in [3.63, 3.8) is 0 Å². The van der Waals surface area contributed by atoms with Gasteiger partial charge in [0.05, 0.1) is 0 Å². The fourth-order valence-electron chi connectivity index (χ4n) is 1.93. The van der Waals surface area contributed by atoms with Crippen LogP contribution in [-0.2, 0) is 0 Å². The zero-order valence-electron chi connectivity index (χ0n) is 11.2. The molecule has 2 rings (SSSR count). The highest BCUT2D eigenvalue weighted by Crippen LogP contribution is 2.29. The van der Waals surface area contributed by atoms with E-state index < -0.39 is 5.97 Å². The van der Waals surface area contributed by atoms with E-state index in [1.165, 1.54) is 0 Å². The number of hydrogen-bond acceptors (Lipinski definition) is 2. The van der Waals surface area contributed by atoms with Crippen molar-refractivity contribution in [2.75, 3.05) is 0 Å². The van der Waals surface area contributed by atoms with E-state index >= 15 is 0 Å². The summed E-state index contributed by atoms with van der Waals surface area (Å²) in [5.74, 6) is 0.0606. The molecule has 0 spiro atoms. The molecule has 0 fully saturated rings. The van der Waals surface area contributed by atoms with Crippen molar-refractivity contribution in [3.05, 3.63) is 58.7 Å². The second kappa shape index (κ2) is 5.14.